The summed E-state index contributed by atoms with van der Waals surface area (Å²) in [4.78, 5) is 20.7. The minimum Gasteiger partial charge on any atom is -0.495 e. The van der Waals surface area contributed by atoms with E-state index in [2.05, 4.69) is 27.5 Å². The summed E-state index contributed by atoms with van der Waals surface area (Å²) in [6.45, 7) is 2.09. The molecule has 2 N–H and O–H groups in total. The maximum atomic E-state index is 12.4. The second-order valence-electron chi connectivity index (χ2n) is 5.62. The van der Waals surface area contributed by atoms with Crippen molar-refractivity contribution in [2.45, 2.75) is 13.3 Å². The average Bonchev–Trinajstić information content (AvgIpc) is 2.69. The van der Waals surface area contributed by atoms with Crippen LogP contribution in [-0.2, 0) is 6.42 Å². The summed E-state index contributed by atoms with van der Waals surface area (Å²) in [5.41, 5.74) is 2.98. The van der Waals surface area contributed by atoms with Crippen LogP contribution in [0.3, 0.4) is 0 Å². The van der Waals surface area contributed by atoms with Gasteiger partial charge in [-0.15, -0.1) is 0 Å². The van der Waals surface area contributed by atoms with Crippen LogP contribution < -0.4 is 15.4 Å². The summed E-state index contributed by atoms with van der Waals surface area (Å²) in [6.07, 6.45) is 2.31. The van der Waals surface area contributed by atoms with Crippen LogP contribution in [0.2, 0.25) is 0 Å². The van der Waals surface area contributed by atoms with E-state index in [-0.39, 0.29) is 11.6 Å². The first kappa shape index (κ1) is 17.4. The molecule has 0 atom stereocenters. The van der Waals surface area contributed by atoms with Gasteiger partial charge in [0.25, 0.3) is 5.91 Å². The minimum absolute atomic E-state index is 0.275. The number of aromatic nitrogens is 2. The molecular formula is C20H20N4O2. The van der Waals surface area contributed by atoms with E-state index in [1.807, 2.05) is 48.5 Å². The summed E-state index contributed by atoms with van der Waals surface area (Å²) in [7, 11) is 1.60. The van der Waals surface area contributed by atoms with Crippen molar-refractivity contribution >= 4 is 23.1 Å². The lowest BCUT2D eigenvalue weighted by Gasteiger charge is -2.11. The topological polar surface area (TPSA) is 76.1 Å². The zero-order valence-electron chi connectivity index (χ0n) is 14.7. The molecule has 0 radical (unpaired) electrons. The molecule has 2 aromatic carbocycles. The molecule has 6 nitrogen and oxygen atoms in total. The maximum absolute atomic E-state index is 12.4. The lowest BCUT2D eigenvalue weighted by Crippen LogP contribution is -2.14. The molecular weight excluding hydrogens is 328 g/mol. The van der Waals surface area contributed by atoms with Gasteiger partial charge in [-0.1, -0.05) is 31.2 Å². The van der Waals surface area contributed by atoms with Crippen molar-refractivity contribution in [2.24, 2.45) is 0 Å². The van der Waals surface area contributed by atoms with Crippen molar-refractivity contribution in [1.29, 1.82) is 0 Å². The number of hydrogen-bond acceptors (Lipinski definition) is 5. The van der Waals surface area contributed by atoms with Crippen molar-refractivity contribution in [3.05, 3.63) is 72.2 Å². The lowest BCUT2D eigenvalue weighted by molar-refractivity contribution is 0.102. The highest BCUT2D eigenvalue weighted by Gasteiger charge is 2.10. The van der Waals surface area contributed by atoms with Gasteiger partial charge in [0.05, 0.1) is 12.8 Å². The van der Waals surface area contributed by atoms with Crippen LogP contribution in [0.25, 0.3) is 0 Å². The molecule has 0 spiro atoms. The van der Waals surface area contributed by atoms with E-state index in [1.54, 1.807) is 13.2 Å². The third-order valence-electron chi connectivity index (χ3n) is 3.89. The van der Waals surface area contributed by atoms with Gasteiger partial charge in [-0.3, -0.25) is 4.79 Å². The number of carbonyl (C=O) groups is 1. The fraction of sp³-hybridized carbons (Fsp3) is 0.150. The number of ether oxygens (including phenoxy) is 1. The molecule has 0 bridgehead atoms. The van der Waals surface area contributed by atoms with E-state index in [0.29, 0.717) is 11.6 Å². The predicted molar refractivity (Wildman–Crippen MR) is 102 cm³/mol. The number of aryl methyl sites for hydroxylation is 1. The van der Waals surface area contributed by atoms with Gasteiger partial charge in [0.1, 0.15) is 23.6 Å². The van der Waals surface area contributed by atoms with Crippen LogP contribution in [0.5, 0.6) is 5.75 Å². The third-order valence-corrected chi connectivity index (χ3v) is 3.89. The monoisotopic (exact) mass is 348 g/mol. The largest absolute Gasteiger partial charge is 0.495 e. The molecule has 0 aliphatic heterocycles. The fourth-order valence-electron chi connectivity index (χ4n) is 2.45. The Hall–Kier alpha value is -3.41. The molecule has 0 fully saturated rings. The molecule has 0 aliphatic rings. The second kappa shape index (κ2) is 8.11. The number of benzene rings is 2. The minimum atomic E-state index is -0.292. The third kappa shape index (κ3) is 4.16. The Morgan fingerprint density at radius 2 is 1.85 bits per heavy atom. The Morgan fingerprint density at radius 1 is 1.08 bits per heavy atom. The summed E-state index contributed by atoms with van der Waals surface area (Å²) in [6, 6.07) is 16.8. The fourth-order valence-corrected chi connectivity index (χ4v) is 2.45. The smallest absolute Gasteiger partial charge is 0.274 e. The summed E-state index contributed by atoms with van der Waals surface area (Å²) >= 11 is 0. The van der Waals surface area contributed by atoms with E-state index in [9.17, 15) is 4.79 Å². The standard InChI is InChI=1S/C20H20N4O2/c1-3-14-8-10-15(11-9-14)23-20(25)17-12-19(22-13-21-17)24-16-6-4-5-7-18(16)26-2/h4-13H,3H2,1-2H3,(H,23,25)(H,21,22,24). The number of anilines is 3. The van der Waals surface area contributed by atoms with Gasteiger partial charge in [-0.05, 0) is 36.2 Å². The number of nitrogens with zero attached hydrogens (tertiary/aromatic N) is 2. The molecule has 132 valence electrons. The number of para-hydroxylation sites is 2. The molecule has 1 amide bonds. The van der Waals surface area contributed by atoms with Gasteiger partial charge in [-0.25, -0.2) is 9.97 Å². The number of rotatable bonds is 6. The zero-order valence-corrected chi connectivity index (χ0v) is 14.7. The average molecular weight is 348 g/mol. The van der Waals surface area contributed by atoms with E-state index >= 15 is 0 Å². The van der Waals surface area contributed by atoms with Crippen LogP contribution in [-0.4, -0.2) is 23.0 Å². The quantitative estimate of drug-likeness (QED) is 0.703. The molecule has 1 aromatic heterocycles. The van der Waals surface area contributed by atoms with Gasteiger partial charge < -0.3 is 15.4 Å². The van der Waals surface area contributed by atoms with Crippen molar-refractivity contribution in [1.82, 2.24) is 9.97 Å². The van der Waals surface area contributed by atoms with Gasteiger partial charge in [0.15, 0.2) is 0 Å². The van der Waals surface area contributed by atoms with Gasteiger partial charge in [-0.2, -0.15) is 0 Å². The second-order valence-corrected chi connectivity index (χ2v) is 5.62. The summed E-state index contributed by atoms with van der Waals surface area (Å²) < 4.78 is 5.31. The highest BCUT2D eigenvalue weighted by Crippen LogP contribution is 2.26. The first-order valence-electron chi connectivity index (χ1n) is 8.32. The molecule has 0 saturated carbocycles. The lowest BCUT2D eigenvalue weighted by atomic mass is 10.1. The van der Waals surface area contributed by atoms with E-state index < -0.39 is 0 Å². The number of carbonyl (C=O) groups excluding carboxylic acids is 1. The molecule has 3 rings (SSSR count). The molecule has 6 heteroatoms. The number of nitrogens with one attached hydrogen (secondary N) is 2. The van der Waals surface area contributed by atoms with E-state index in [1.165, 1.54) is 11.9 Å². The zero-order chi connectivity index (χ0) is 18.4. The van der Waals surface area contributed by atoms with Crippen molar-refractivity contribution in [2.75, 3.05) is 17.7 Å². The highest BCUT2D eigenvalue weighted by molar-refractivity contribution is 6.03. The summed E-state index contributed by atoms with van der Waals surface area (Å²) in [5.74, 6) is 0.906. The molecule has 1 heterocycles. The van der Waals surface area contributed by atoms with Crippen LogP contribution in [0.15, 0.2) is 60.9 Å². The van der Waals surface area contributed by atoms with Crippen LogP contribution >= 0.6 is 0 Å². The number of hydrogen-bond donors (Lipinski definition) is 2. The summed E-state index contributed by atoms with van der Waals surface area (Å²) in [5, 5.41) is 5.98. The first-order chi connectivity index (χ1) is 12.7. The van der Waals surface area contributed by atoms with Crippen molar-refractivity contribution in [3.63, 3.8) is 0 Å². The molecule has 0 aliphatic carbocycles. The number of methoxy groups -OCH3 is 1. The SMILES string of the molecule is CCc1ccc(NC(=O)c2cc(Nc3ccccc3OC)ncn2)cc1. The predicted octanol–water partition coefficient (Wildman–Crippen LogP) is 4.04. The van der Waals surface area contributed by atoms with Crippen LogP contribution in [0.1, 0.15) is 23.0 Å². The Bertz CT molecular complexity index is 894. The van der Waals surface area contributed by atoms with Crippen LogP contribution in [0, 0.1) is 0 Å². The Morgan fingerprint density at radius 3 is 2.58 bits per heavy atom. The molecule has 3 aromatic rings. The van der Waals surface area contributed by atoms with Crippen molar-refractivity contribution in [3.8, 4) is 5.75 Å². The van der Waals surface area contributed by atoms with Gasteiger partial charge in [0, 0.05) is 11.8 Å². The number of amides is 1. The Labute approximate surface area is 152 Å². The Balaban J connectivity index is 1.74. The van der Waals surface area contributed by atoms with E-state index in [4.69, 9.17) is 4.74 Å². The maximum Gasteiger partial charge on any atom is 0.274 e. The van der Waals surface area contributed by atoms with Crippen LogP contribution in [0.4, 0.5) is 17.2 Å². The van der Waals surface area contributed by atoms with Crippen molar-refractivity contribution < 1.29 is 9.53 Å². The van der Waals surface area contributed by atoms with Gasteiger partial charge in [0.2, 0.25) is 0 Å². The highest BCUT2D eigenvalue weighted by atomic mass is 16.5. The first-order valence-corrected chi connectivity index (χ1v) is 8.32. The molecule has 0 saturated heterocycles. The Kier molecular flexibility index (Phi) is 5.43. The van der Waals surface area contributed by atoms with E-state index in [0.717, 1.165) is 17.8 Å². The molecule has 26 heavy (non-hydrogen) atoms. The van der Waals surface area contributed by atoms with Gasteiger partial charge >= 0.3 is 0 Å². The molecule has 0 unspecified atom stereocenters. The normalized spacial score (nSPS) is 10.2.